The van der Waals surface area contributed by atoms with Crippen LogP contribution in [0.2, 0.25) is 0 Å². The Kier molecular flexibility index (Phi) is 3.90. The van der Waals surface area contributed by atoms with Crippen molar-refractivity contribution in [3.05, 3.63) is 53.7 Å². The highest BCUT2D eigenvalue weighted by Gasteiger charge is 2.20. The number of halogens is 2. The van der Waals surface area contributed by atoms with E-state index in [9.17, 15) is 17.2 Å². The number of hydrogen-bond acceptors (Lipinski definition) is 5. The van der Waals surface area contributed by atoms with Gasteiger partial charge in [-0.1, -0.05) is 5.16 Å². The van der Waals surface area contributed by atoms with Gasteiger partial charge in [-0.15, -0.1) is 11.3 Å². The maximum atomic E-state index is 13.6. The molecule has 0 spiro atoms. The van der Waals surface area contributed by atoms with Crippen LogP contribution in [0, 0.1) is 18.6 Å². The summed E-state index contributed by atoms with van der Waals surface area (Å²) in [6, 6.07) is 7.22. The summed E-state index contributed by atoms with van der Waals surface area (Å²) in [5.41, 5.74) is 0.348. The second kappa shape index (κ2) is 5.74. The van der Waals surface area contributed by atoms with E-state index < -0.39 is 21.7 Å². The number of benzene rings is 1. The highest BCUT2D eigenvalue weighted by molar-refractivity contribution is 7.94. The monoisotopic (exact) mass is 356 g/mol. The van der Waals surface area contributed by atoms with Crippen LogP contribution in [0.25, 0.3) is 10.6 Å². The molecule has 2 heterocycles. The summed E-state index contributed by atoms with van der Waals surface area (Å²) in [7, 11) is -3.99. The Hall–Kier alpha value is -2.26. The highest BCUT2D eigenvalue weighted by Crippen LogP contribution is 2.32. The van der Waals surface area contributed by atoms with Crippen molar-refractivity contribution in [2.75, 3.05) is 4.72 Å². The zero-order valence-electron chi connectivity index (χ0n) is 11.7. The lowest BCUT2D eigenvalue weighted by atomic mass is 10.3. The quantitative estimate of drug-likeness (QED) is 0.772. The van der Waals surface area contributed by atoms with Gasteiger partial charge in [0.1, 0.15) is 15.8 Å². The average molecular weight is 356 g/mol. The van der Waals surface area contributed by atoms with Crippen molar-refractivity contribution in [3.63, 3.8) is 0 Å². The number of thiophene rings is 1. The van der Waals surface area contributed by atoms with Gasteiger partial charge in [0, 0.05) is 12.1 Å². The summed E-state index contributed by atoms with van der Waals surface area (Å²) in [4.78, 5) is 0.575. The zero-order valence-corrected chi connectivity index (χ0v) is 13.3. The molecule has 1 aromatic carbocycles. The first-order chi connectivity index (χ1) is 10.8. The Morgan fingerprint density at radius 2 is 1.96 bits per heavy atom. The molecule has 120 valence electrons. The summed E-state index contributed by atoms with van der Waals surface area (Å²) in [5, 5.41) is 3.73. The molecule has 0 atom stereocenters. The Morgan fingerprint density at radius 1 is 1.17 bits per heavy atom. The minimum Gasteiger partial charge on any atom is -0.355 e. The lowest BCUT2D eigenvalue weighted by Crippen LogP contribution is -2.12. The normalized spacial score (nSPS) is 11.6. The fraction of sp³-hybridized carbons (Fsp3) is 0.0714. The van der Waals surface area contributed by atoms with Crippen molar-refractivity contribution in [2.45, 2.75) is 11.1 Å². The van der Waals surface area contributed by atoms with E-state index in [0.717, 1.165) is 23.5 Å². The predicted octanol–water partition coefficient (Wildman–Crippen LogP) is 3.79. The molecule has 3 rings (SSSR count). The standard InChI is InChI=1S/C14H10F2N2O3S2/c1-8-6-12(21-17-8)13-4-5-14(22-13)23(19,20)18-11-3-2-9(15)7-10(11)16/h2-7,18H,1H3. The van der Waals surface area contributed by atoms with Gasteiger partial charge in [0.15, 0.2) is 5.76 Å². The molecule has 0 bridgehead atoms. The molecule has 23 heavy (non-hydrogen) atoms. The Labute approximate surface area is 134 Å². The maximum absolute atomic E-state index is 13.6. The molecule has 0 aliphatic carbocycles. The zero-order chi connectivity index (χ0) is 16.6. The van der Waals surface area contributed by atoms with Crippen LogP contribution in [0.4, 0.5) is 14.5 Å². The van der Waals surface area contributed by atoms with Gasteiger partial charge in [0.2, 0.25) is 0 Å². The van der Waals surface area contributed by atoms with E-state index in [4.69, 9.17) is 4.52 Å². The number of sulfonamides is 1. The van der Waals surface area contributed by atoms with Crippen molar-refractivity contribution >= 4 is 27.0 Å². The van der Waals surface area contributed by atoms with Crippen molar-refractivity contribution in [1.29, 1.82) is 0 Å². The van der Waals surface area contributed by atoms with Gasteiger partial charge in [-0.05, 0) is 31.2 Å². The molecular formula is C14H10F2N2O3S2. The molecule has 0 aliphatic heterocycles. The maximum Gasteiger partial charge on any atom is 0.271 e. The van der Waals surface area contributed by atoms with Crippen molar-refractivity contribution < 1.29 is 21.7 Å². The lowest BCUT2D eigenvalue weighted by molar-refractivity contribution is 0.428. The van der Waals surface area contributed by atoms with Crippen LogP contribution in [0.15, 0.2) is 45.1 Å². The van der Waals surface area contributed by atoms with E-state index in [2.05, 4.69) is 9.88 Å². The van der Waals surface area contributed by atoms with E-state index in [0.29, 0.717) is 22.4 Å². The molecule has 0 amide bonds. The third-order valence-corrected chi connectivity index (χ3v) is 5.85. The molecule has 1 N–H and O–H groups in total. The molecule has 0 aliphatic rings. The van der Waals surface area contributed by atoms with Gasteiger partial charge in [-0.25, -0.2) is 17.2 Å². The van der Waals surface area contributed by atoms with Gasteiger partial charge in [-0.2, -0.15) is 0 Å². The largest absolute Gasteiger partial charge is 0.355 e. The van der Waals surface area contributed by atoms with E-state index in [1.807, 2.05) is 0 Å². The Balaban J connectivity index is 1.89. The number of aromatic nitrogens is 1. The molecule has 0 saturated heterocycles. The van der Waals surface area contributed by atoms with E-state index in [-0.39, 0.29) is 9.90 Å². The van der Waals surface area contributed by atoms with E-state index in [1.165, 1.54) is 6.07 Å². The summed E-state index contributed by atoms with van der Waals surface area (Å²) in [6.07, 6.45) is 0. The fourth-order valence-corrected chi connectivity index (χ4v) is 4.17. The predicted molar refractivity (Wildman–Crippen MR) is 81.7 cm³/mol. The molecule has 0 saturated carbocycles. The van der Waals surface area contributed by atoms with Crippen LogP contribution in [-0.4, -0.2) is 13.6 Å². The molecule has 0 radical (unpaired) electrons. The second-order valence-corrected chi connectivity index (χ2v) is 7.67. The number of rotatable bonds is 4. The van der Waals surface area contributed by atoms with Gasteiger partial charge < -0.3 is 4.52 Å². The Bertz CT molecular complexity index is 964. The number of hydrogen-bond donors (Lipinski definition) is 1. The first-order valence-electron chi connectivity index (χ1n) is 6.36. The SMILES string of the molecule is Cc1cc(-c2ccc(S(=O)(=O)Nc3ccc(F)cc3F)s2)on1. The van der Waals surface area contributed by atoms with Gasteiger partial charge in [0.05, 0.1) is 16.3 Å². The number of nitrogens with zero attached hydrogens (tertiary/aromatic N) is 1. The molecule has 0 fully saturated rings. The highest BCUT2D eigenvalue weighted by atomic mass is 32.2. The van der Waals surface area contributed by atoms with Gasteiger partial charge in [-0.3, -0.25) is 4.72 Å². The lowest BCUT2D eigenvalue weighted by Gasteiger charge is -2.07. The number of aryl methyl sites for hydroxylation is 1. The number of nitrogens with one attached hydrogen (secondary N) is 1. The summed E-state index contributed by atoms with van der Waals surface area (Å²) in [5.74, 6) is -1.33. The van der Waals surface area contributed by atoms with Crippen LogP contribution < -0.4 is 4.72 Å². The third-order valence-electron chi connectivity index (χ3n) is 2.89. The smallest absolute Gasteiger partial charge is 0.271 e. The topological polar surface area (TPSA) is 72.2 Å². The molecule has 2 aromatic heterocycles. The van der Waals surface area contributed by atoms with Crippen LogP contribution in [-0.2, 0) is 10.0 Å². The summed E-state index contributed by atoms with van der Waals surface area (Å²) < 4.78 is 58.2. The average Bonchev–Trinajstić information content (AvgIpc) is 3.10. The minimum absolute atomic E-state index is 0.0229. The summed E-state index contributed by atoms with van der Waals surface area (Å²) in [6.45, 7) is 1.75. The van der Waals surface area contributed by atoms with Crippen molar-refractivity contribution in [2.24, 2.45) is 0 Å². The van der Waals surface area contributed by atoms with Crippen LogP contribution >= 0.6 is 11.3 Å². The van der Waals surface area contributed by atoms with Crippen molar-refractivity contribution in [1.82, 2.24) is 5.16 Å². The molecule has 0 unspecified atom stereocenters. The molecule has 3 aromatic rings. The van der Waals surface area contributed by atoms with Gasteiger partial charge in [0.25, 0.3) is 10.0 Å². The molecule has 5 nitrogen and oxygen atoms in total. The minimum atomic E-state index is -3.99. The Morgan fingerprint density at radius 3 is 2.61 bits per heavy atom. The van der Waals surface area contributed by atoms with E-state index >= 15 is 0 Å². The first kappa shape index (κ1) is 15.6. The summed E-state index contributed by atoms with van der Waals surface area (Å²) >= 11 is 0.954. The molecule has 9 heteroatoms. The second-order valence-electron chi connectivity index (χ2n) is 4.68. The van der Waals surface area contributed by atoms with Crippen molar-refractivity contribution in [3.8, 4) is 10.6 Å². The number of anilines is 1. The molecular weight excluding hydrogens is 346 g/mol. The third kappa shape index (κ3) is 3.25. The fourth-order valence-electron chi connectivity index (χ4n) is 1.84. The van der Waals surface area contributed by atoms with Crippen LogP contribution in [0.3, 0.4) is 0 Å². The van der Waals surface area contributed by atoms with Crippen LogP contribution in [0.1, 0.15) is 5.69 Å². The van der Waals surface area contributed by atoms with Gasteiger partial charge >= 0.3 is 0 Å². The first-order valence-corrected chi connectivity index (χ1v) is 8.66. The van der Waals surface area contributed by atoms with E-state index in [1.54, 1.807) is 19.1 Å². The van der Waals surface area contributed by atoms with Crippen LogP contribution in [0.5, 0.6) is 0 Å².